The van der Waals surface area contributed by atoms with E-state index in [0.29, 0.717) is 18.3 Å². The summed E-state index contributed by atoms with van der Waals surface area (Å²) in [5.74, 6) is 0.935. The number of amides is 1. The Hall–Kier alpha value is -3.08. The summed E-state index contributed by atoms with van der Waals surface area (Å²) >= 11 is 0. The van der Waals surface area contributed by atoms with Gasteiger partial charge < -0.3 is 15.4 Å². The molecule has 32 heavy (non-hydrogen) atoms. The van der Waals surface area contributed by atoms with E-state index in [1.54, 1.807) is 6.20 Å². The summed E-state index contributed by atoms with van der Waals surface area (Å²) in [5.41, 5.74) is 11.6. The number of nitrogens with two attached hydrogens (primary N) is 1. The summed E-state index contributed by atoms with van der Waals surface area (Å²) < 4.78 is 5.44. The van der Waals surface area contributed by atoms with Crippen LogP contribution in [0.1, 0.15) is 44.2 Å². The summed E-state index contributed by atoms with van der Waals surface area (Å²) in [7, 11) is 0. The minimum absolute atomic E-state index is 0.160. The molecule has 1 spiro atoms. The number of hydrogen-bond acceptors (Lipinski definition) is 4. The molecule has 2 N–H and O–H groups in total. The fraction of sp³-hybridized carbons (Fsp3) is 0.407. The molecule has 2 aromatic carbocycles. The molecule has 0 atom stereocenters. The smallest absolute Gasteiger partial charge is 0.409 e. The van der Waals surface area contributed by atoms with Gasteiger partial charge in [-0.2, -0.15) is 0 Å². The molecule has 1 saturated heterocycles. The highest BCUT2D eigenvalue weighted by Gasteiger charge is 2.42. The molecular formula is C27H31N3O2. The van der Waals surface area contributed by atoms with Crippen molar-refractivity contribution in [2.45, 2.75) is 44.9 Å². The van der Waals surface area contributed by atoms with Crippen LogP contribution in [0.2, 0.25) is 0 Å². The van der Waals surface area contributed by atoms with Crippen molar-refractivity contribution in [3.05, 3.63) is 59.8 Å². The van der Waals surface area contributed by atoms with Crippen molar-refractivity contribution in [1.82, 2.24) is 9.88 Å². The minimum atomic E-state index is -0.160. The van der Waals surface area contributed by atoms with Gasteiger partial charge in [-0.25, -0.2) is 9.78 Å². The van der Waals surface area contributed by atoms with Crippen molar-refractivity contribution in [2.75, 3.05) is 25.4 Å². The van der Waals surface area contributed by atoms with E-state index in [4.69, 9.17) is 10.5 Å². The molecule has 2 heterocycles. The van der Waals surface area contributed by atoms with Crippen molar-refractivity contribution in [1.29, 1.82) is 0 Å². The summed E-state index contributed by atoms with van der Waals surface area (Å²) in [5, 5.41) is 2.11. The second kappa shape index (κ2) is 8.12. The first-order valence-corrected chi connectivity index (χ1v) is 11.6. The number of piperidine rings is 1. The second-order valence-electron chi connectivity index (χ2n) is 9.74. The van der Waals surface area contributed by atoms with Crippen molar-refractivity contribution in [3.8, 4) is 11.1 Å². The quantitative estimate of drug-likeness (QED) is 0.592. The highest BCUT2D eigenvalue weighted by Crippen LogP contribution is 2.47. The molecule has 5 nitrogen and oxygen atoms in total. The molecular weight excluding hydrogens is 398 g/mol. The zero-order valence-electron chi connectivity index (χ0n) is 18.9. The van der Waals surface area contributed by atoms with Gasteiger partial charge in [0.05, 0.1) is 6.61 Å². The van der Waals surface area contributed by atoms with Crippen LogP contribution in [-0.4, -0.2) is 35.7 Å². The number of carbonyl (C=O) groups excluding carboxylic acids is 1. The standard InChI is InChI=1S/C27H31N3O2/c1-18(2)17-32-26(31)30-13-10-27(11-14-30)9-7-22-15-20(5-6-24(22)27)21-4-3-19-8-12-29-25(28)23(19)16-21/h3-6,8,12,15-16,18H,7,9-11,13-14,17H2,1-2H3,(H2,28,29). The molecule has 1 aromatic heterocycles. The number of aryl methyl sites for hydroxylation is 1. The van der Waals surface area contributed by atoms with E-state index in [-0.39, 0.29) is 11.5 Å². The third-order valence-electron chi connectivity index (χ3n) is 7.20. The van der Waals surface area contributed by atoms with Crippen LogP contribution in [0.15, 0.2) is 48.7 Å². The zero-order valence-corrected chi connectivity index (χ0v) is 18.9. The van der Waals surface area contributed by atoms with E-state index in [9.17, 15) is 4.79 Å². The van der Waals surface area contributed by atoms with Gasteiger partial charge in [-0.15, -0.1) is 0 Å². The summed E-state index contributed by atoms with van der Waals surface area (Å²) in [4.78, 5) is 18.5. The Balaban J connectivity index is 1.35. The largest absolute Gasteiger partial charge is 0.449 e. The van der Waals surface area contributed by atoms with Gasteiger partial charge in [0.1, 0.15) is 5.82 Å². The number of anilines is 1. The average molecular weight is 430 g/mol. The molecule has 2 aliphatic rings. The molecule has 5 rings (SSSR count). The van der Waals surface area contributed by atoms with Gasteiger partial charge in [-0.05, 0) is 76.8 Å². The van der Waals surface area contributed by atoms with Crippen molar-refractivity contribution in [3.63, 3.8) is 0 Å². The first-order valence-electron chi connectivity index (χ1n) is 11.6. The van der Waals surface area contributed by atoms with E-state index in [1.165, 1.54) is 22.3 Å². The predicted molar refractivity (Wildman–Crippen MR) is 129 cm³/mol. The van der Waals surface area contributed by atoms with Gasteiger partial charge in [0.25, 0.3) is 0 Å². The maximum atomic E-state index is 12.4. The van der Waals surface area contributed by atoms with Gasteiger partial charge in [-0.1, -0.05) is 44.2 Å². The van der Waals surface area contributed by atoms with E-state index >= 15 is 0 Å². The summed E-state index contributed by atoms with van der Waals surface area (Å²) in [6, 6.07) is 15.3. The first kappa shape index (κ1) is 20.8. The lowest BCUT2D eigenvalue weighted by Gasteiger charge is -2.39. The number of hydrogen-bond donors (Lipinski definition) is 1. The molecule has 1 amide bonds. The van der Waals surface area contributed by atoms with Crippen LogP contribution >= 0.6 is 0 Å². The Morgan fingerprint density at radius 1 is 1.09 bits per heavy atom. The SMILES string of the molecule is CC(C)COC(=O)N1CCC2(CCc3cc(-c4ccc5ccnc(N)c5c4)ccc32)CC1. The molecule has 0 unspecified atom stereocenters. The van der Waals surface area contributed by atoms with Gasteiger partial charge in [0.2, 0.25) is 0 Å². The van der Waals surface area contributed by atoms with Crippen LogP contribution in [0.25, 0.3) is 21.9 Å². The van der Waals surface area contributed by atoms with Gasteiger partial charge >= 0.3 is 6.09 Å². The number of ether oxygens (including phenoxy) is 1. The number of rotatable bonds is 3. The second-order valence-corrected chi connectivity index (χ2v) is 9.74. The number of nitrogens with zero attached hydrogens (tertiary/aromatic N) is 2. The van der Waals surface area contributed by atoms with E-state index < -0.39 is 0 Å². The Morgan fingerprint density at radius 2 is 1.84 bits per heavy atom. The molecule has 166 valence electrons. The van der Waals surface area contributed by atoms with Crippen LogP contribution < -0.4 is 5.73 Å². The van der Waals surface area contributed by atoms with Crippen molar-refractivity contribution >= 4 is 22.7 Å². The number of nitrogen functional groups attached to an aromatic ring is 1. The highest BCUT2D eigenvalue weighted by atomic mass is 16.6. The molecule has 0 bridgehead atoms. The Labute approximate surface area is 189 Å². The lowest BCUT2D eigenvalue weighted by molar-refractivity contribution is 0.0743. The van der Waals surface area contributed by atoms with Crippen molar-refractivity contribution in [2.24, 2.45) is 5.92 Å². The topological polar surface area (TPSA) is 68.5 Å². The van der Waals surface area contributed by atoms with Gasteiger partial charge in [-0.3, -0.25) is 0 Å². The monoisotopic (exact) mass is 429 g/mol. The van der Waals surface area contributed by atoms with Gasteiger partial charge in [0.15, 0.2) is 0 Å². The van der Waals surface area contributed by atoms with Crippen molar-refractivity contribution < 1.29 is 9.53 Å². The van der Waals surface area contributed by atoms with E-state index in [1.807, 2.05) is 11.0 Å². The summed E-state index contributed by atoms with van der Waals surface area (Å²) in [6.07, 6.45) is 5.87. The number of carbonyl (C=O) groups is 1. The summed E-state index contributed by atoms with van der Waals surface area (Å²) in [6.45, 7) is 6.16. The molecule has 1 aliphatic heterocycles. The molecule has 3 aromatic rings. The fourth-order valence-electron chi connectivity index (χ4n) is 5.34. The normalized spacial score (nSPS) is 17.2. The lowest BCUT2D eigenvalue weighted by atomic mass is 9.73. The highest BCUT2D eigenvalue weighted by molar-refractivity contribution is 5.94. The third kappa shape index (κ3) is 3.70. The Bertz CT molecular complexity index is 1160. The van der Waals surface area contributed by atoms with E-state index in [0.717, 1.165) is 49.5 Å². The predicted octanol–water partition coefficient (Wildman–Crippen LogP) is 5.56. The Kier molecular flexibility index (Phi) is 5.28. The van der Waals surface area contributed by atoms with Crippen LogP contribution in [0.5, 0.6) is 0 Å². The average Bonchev–Trinajstić information content (AvgIpc) is 3.15. The van der Waals surface area contributed by atoms with Crippen LogP contribution in [0.4, 0.5) is 10.6 Å². The molecule has 0 saturated carbocycles. The first-order chi connectivity index (χ1) is 15.4. The van der Waals surface area contributed by atoms with Gasteiger partial charge in [0, 0.05) is 24.7 Å². The van der Waals surface area contributed by atoms with Crippen LogP contribution in [-0.2, 0) is 16.6 Å². The number of aromatic nitrogens is 1. The van der Waals surface area contributed by atoms with Crippen LogP contribution in [0.3, 0.4) is 0 Å². The molecule has 1 aliphatic carbocycles. The van der Waals surface area contributed by atoms with E-state index in [2.05, 4.69) is 55.2 Å². The number of benzene rings is 2. The Morgan fingerprint density at radius 3 is 2.62 bits per heavy atom. The maximum absolute atomic E-state index is 12.4. The maximum Gasteiger partial charge on any atom is 0.409 e. The molecule has 1 fully saturated rings. The molecule has 0 radical (unpaired) electrons. The number of likely N-dealkylation sites (tertiary alicyclic amines) is 1. The zero-order chi connectivity index (χ0) is 22.3. The fourth-order valence-corrected chi connectivity index (χ4v) is 5.34. The minimum Gasteiger partial charge on any atom is -0.449 e. The molecule has 5 heteroatoms. The van der Waals surface area contributed by atoms with Crippen LogP contribution in [0, 0.1) is 5.92 Å². The third-order valence-corrected chi connectivity index (χ3v) is 7.20. The lowest BCUT2D eigenvalue weighted by Crippen LogP contribution is -2.44. The number of fused-ring (bicyclic) bond motifs is 3. The number of pyridine rings is 1.